The largest absolute Gasteiger partial charge is 0.390 e. The minimum Gasteiger partial charge on any atom is -0.390 e. The van der Waals surface area contributed by atoms with E-state index in [1.165, 1.54) is 0 Å². The van der Waals surface area contributed by atoms with E-state index in [9.17, 15) is 9.18 Å². The summed E-state index contributed by atoms with van der Waals surface area (Å²) in [5, 5.41) is 9.15. The maximum absolute atomic E-state index is 12.0. The average molecular weight is 173 g/mol. The van der Waals surface area contributed by atoms with Gasteiger partial charge in [-0.1, -0.05) is 0 Å². The van der Waals surface area contributed by atoms with E-state index in [1.807, 2.05) is 4.81 Å². The minimum absolute atomic E-state index is 0.00921. The molecule has 1 fully saturated rings. The monoisotopic (exact) mass is 173 g/mol. The Labute approximate surface area is 71.8 Å². The molecule has 0 bridgehead atoms. The van der Waals surface area contributed by atoms with E-state index >= 15 is 0 Å². The molecular formula is C7H13BFNO2. The molecule has 3 nitrogen and oxygen atoms in total. The molecule has 5 heteroatoms. The van der Waals surface area contributed by atoms with Crippen LogP contribution in [-0.4, -0.2) is 49.4 Å². The zero-order chi connectivity index (χ0) is 8.97. The maximum Gasteiger partial charge on any atom is 0.281 e. The van der Waals surface area contributed by atoms with Crippen LogP contribution in [0, 0.1) is 5.92 Å². The third-order valence-corrected chi connectivity index (χ3v) is 2.34. The lowest BCUT2D eigenvalue weighted by Crippen LogP contribution is -2.30. The second kappa shape index (κ2) is 4.57. The summed E-state index contributed by atoms with van der Waals surface area (Å²) in [5.41, 5.74) is 0. The molecule has 0 amide bonds. The van der Waals surface area contributed by atoms with Crippen LogP contribution in [0.2, 0.25) is 0 Å². The lowest BCUT2D eigenvalue weighted by atomic mass is 9.95. The number of alkyl halides is 1. The number of halogens is 1. The number of aliphatic hydroxyl groups excluding tert-OH is 1. The van der Waals surface area contributed by atoms with Crippen LogP contribution < -0.4 is 0 Å². The summed E-state index contributed by atoms with van der Waals surface area (Å²) in [6, 6.07) is 0. The van der Waals surface area contributed by atoms with E-state index in [0.29, 0.717) is 14.0 Å². The number of rotatable bonds is 4. The van der Waals surface area contributed by atoms with Gasteiger partial charge in [0.25, 0.3) is 7.41 Å². The smallest absolute Gasteiger partial charge is 0.281 e. The van der Waals surface area contributed by atoms with Crippen molar-refractivity contribution < 1.29 is 14.3 Å². The SMILES string of the molecule is O=CBN1CCC(C(O)CF)C1. The summed E-state index contributed by atoms with van der Waals surface area (Å²) in [5.74, 6) is 0.00921. The van der Waals surface area contributed by atoms with E-state index in [1.54, 1.807) is 0 Å². The summed E-state index contributed by atoms with van der Waals surface area (Å²) in [7, 11) is 0.398. The molecule has 1 rings (SSSR count). The van der Waals surface area contributed by atoms with Crippen LogP contribution >= 0.6 is 0 Å². The Bertz CT molecular complexity index is 158. The molecule has 68 valence electrons. The van der Waals surface area contributed by atoms with Crippen LogP contribution in [0.25, 0.3) is 0 Å². The average Bonchev–Trinajstić information content (AvgIpc) is 2.52. The number of nitrogens with zero attached hydrogens (tertiary/aromatic N) is 1. The maximum atomic E-state index is 12.0. The van der Waals surface area contributed by atoms with Gasteiger partial charge in [-0.25, -0.2) is 4.39 Å². The minimum atomic E-state index is -0.846. The predicted octanol–water partition coefficient (Wildman–Crippen LogP) is -0.820. The molecular weight excluding hydrogens is 160 g/mol. The summed E-state index contributed by atoms with van der Waals surface area (Å²) >= 11 is 0. The Balaban J connectivity index is 2.29. The van der Waals surface area contributed by atoms with Gasteiger partial charge in [0.15, 0.2) is 0 Å². The van der Waals surface area contributed by atoms with Gasteiger partial charge in [-0.05, 0) is 19.5 Å². The van der Waals surface area contributed by atoms with Gasteiger partial charge in [0.2, 0.25) is 0 Å². The van der Waals surface area contributed by atoms with Crippen molar-refractivity contribution in [3.8, 4) is 0 Å². The molecule has 0 aliphatic carbocycles. The standard InChI is InChI=1S/C7H13BFNO2/c9-3-7(12)6-1-2-10(4-6)8-5-11/h5-8,12H,1-4H2. The van der Waals surface area contributed by atoms with Crippen molar-refractivity contribution in [1.82, 2.24) is 4.81 Å². The van der Waals surface area contributed by atoms with Gasteiger partial charge in [-0.3, -0.25) is 0 Å². The van der Waals surface area contributed by atoms with E-state index in [0.717, 1.165) is 19.2 Å². The first-order valence-electron chi connectivity index (χ1n) is 4.18. The lowest BCUT2D eigenvalue weighted by molar-refractivity contribution is 0.0867. The highest BCUT2D eigenvalue weighted by atomic mass is 19.1. The predicted molar refractivity (Wildman–Crippen MR) is 45.6 cm³/mol. The first kappa shape index (κ1) is 9.67. The Kier molecular flexibility index (Phi) is 3.68. The molecule has 2 unspecified atom stereocenters. The Morgan fingerprint density at radius 2 is 2.58 bits per heavy atom. The van der Waals surface area contributed by atoms with Crippen LogP contribution in [0.15, 0.2) is 0 Å². The first-order valence-corrected chi connectivity index (χ1v) is 4.18. The Morgan fingerprint density at radius 3 is 3.17 bits per heavy atom. The number of carbonyl (C=O) groups is 1. The van der Waals surface area contributed by atoms with E-state index in [4.69, 9.17) is 5.11 Å². The highest BCUT2D eigenvalue weighted by Crippen LogP contribution is 2.18. The van der Waals surface area contributed by atoms with Crippen molar-refractivity contribution in [1.29, 1.82) is 0 Å². The normalized spacial score (nSPS) is 27.0. The zero-order valence-corrected chi connectivity index (χ0v) is 6.95. The van der Waals surface area contributed by atoms with E-state index in [2.05, 4.69) is 0 Å². The van der Waals surface area contributed by atoms with Gasteiger partial charge < -0.3 is 14.7 Å². The second-order valence-electron chi connectivity index (χ2n) is 3.20. The van der Waals surface area contributed by atoms with Crippen molar-refractivity contribution in [2.75, 3.05) is 19.8 Å². The van der Waals surface area contributed by atoms with Crippen molar-refractivity contribution in [3.63, 3.8) is 0 Å². The molecule has 0 saturated carbocycles. The number of hydrogen-bond donors (Lipinski definition) is 1. The topological polar surface area (TPSA) is 40.5 Å². The van der Waals surface area contributed by atoms with Crippen molar-refractivity contribution in [2.45, 2.75) is 12.5 Å². The highest BCUT2D eigenvalue weighted by molar-refractivity contribution is 6.64. The van der Waals surface area contributed by atoms with Gasteiger partial charge >= 0.3 is 0 Å². The second-order valence-corrected chi connectivity index (χ2v) is 3.20. The summed E-state index contributed by atoms with van der Waals surface area (Å²) in [6.07, 6.45) is 0.782. The van der Waals surface area contributed by atoms with Gasteiger partial charge in [0.05, 0.1) is 12.3 Å². The lowest BCUT2D eigenvalue weighted by Gasteiger charge is -2.15. The zero-order valence-electron chi connectivity index (χ0n) is 6.95. The van der Waals surface area contributed by atoms with Gasteiger partial charge in [0.1, 0.15) is 6.67 Å². The molecule has 0 aromatic heterocycles. The molecule has 1 heterocycles. The molecule has 1 N–H and O–H groups in total. The Hall–Kier alpha value is -0.415. The highest BCUT2D eigenvalue weighted by Gasteiger charge is 2.27. The number of carbonyl (C=O) groups excluding carboxylic acids is 1. The molecule has 2 atom stereocenters. The summed E-state index contributed by atoms with van der Waals surface area (Å²) in [4.78, 5) is 12.1. The van der Waals surface area contributed by atoms with Gasteiger partial charge in [-0.2, -0.15) is 0 Å². The summed E-state index contributed by atoms with van der Waals surface area (Å²) < 4.78 is 12.0. The van der Waals surface area contributed by atoms with Gasteiger partial charge in [0, 0.05) is 5.92 Å². The molecule has 1 saturated heterocycles. The molecule has 0 spiro atoms. The number of aliphatic hydroxyl groups is 1. The molecule has 0 radical (unpaired) electrons. The van der Waals surface area contributed by atoms with Crippen molar-refractivity contribution in [3.05, 3.63) is 0 Å². The van der Waals surface area contributed by atoms with E-state index < -0.39 is 12.8 Å². The summed E-state index contributed by atoms with van der Waals surface area (Å²) in [6.45, 7) is 0.754. The quantitative estimate of drug-likeness (QED) is 0.446. The van der Waals surface area contributed by atoms with Crippen LogP contribution in [0.1, 0.15) is 6.42 Å². The number of hydrogen-bond acceptors (Lipinski definition) is 3. The molecule has 1 aliphatic heterocycles. The molecule has 0 aromatic carbocycles. The van der Waals surface area contributed by atoms with Crippen molar-refractivity contribution >= 4 is 13.6 Å². The molecule has 12 heavy (non-hydrogen) atoms. The fraction of sp³-hybridized carbons (Fsp3) is 0.857. The fourth-order valence-electron chi connectivity index (χ4n) is 1.57. The van der Waals surface area contributed by atoms with Crippen LogP contribution in [-0.2, 0) is 4.79 Å². The van der Waals surface area contributed by atoms with Crippen LogP contribution in [0.4, 0.5) is 4.39 Å². The molecule has 1 aliphatic rings. The third kappa shape index (κ3) is 2.28. The molecule has 0 aromatic rings. The fourth-order valence-corrected chi connectivity index (χ4v) is 1.57. The van der Waals surface area contributed by atoms with Crippen molar-refractivity contribution in [2.24, 2.45) is 5.92 Å². The third-order valence-electron chi connectivity index (χ3n) is 2.34. The van der Waals surface area contributed by atoms with Gasteiger partial charge in [-0.15, -0.1) is 0 Å². The van der Waals surface area contributed by atoms with Crippen LogP contribution in [0.5, 0.6) is 0 Å². The van der Waals surface area contributed by atoms with E-state index in [-0.39, 0.29) is 5.92 Å². The van der Waals surface area contributed by atoms with Crippen LogP contribution in [0.3, 0.4) is 0 Å². The first-order chi connectivity index (χ1) is 5.77. The Morgan fingerprint density at radius 1 is 1.83 bits per heavy atom.